The molecule has 32 heavy (non-hydrogen) atoms. The number of aromatic nitrogens is 2. The van der Waals surface area contributed by atoms with Crippen LogP contribution in [0.15, 0.2) is 60.9 Å². The molecular weight excluding hydrogens is 566 g/mol. The fourth-order valence-corrected chi connectivity index (χ4v) is 1.05. The number of nitrogens with one attached hydrogen (secondary N) is 2. The topological polar surface area (TPSA) is 31.6 Å². The van der Waals surface area contributed by atoms with Gasteiger partial charge < -0.3 is 37.7 Å². The molecule has 0 saturated carbocycles. The Kier molecular flexibility index (Phi) is 115. The van der Waals surface area contributed by atoms with Crippen LogP contribution in [0.3, 0.4) is 0 Å². The summed E-state index contributed by atoms with van der Waals surface area (Å²) in [7, 11) is 0. The largest absolute Gasteiger partial charge is 6.00 e. The Morgan fingerprint density at radius 1 is 0.844 bits per heavy atom. The van der Waals surface area contributed by atoms with Gasteiger partial charge in [0.15, 0.2) is 0 Å². The molecule has 184 valence electrons. The maximum absolute atomic E-state index is 4.93. The van der Waals surface area contributed by atoms with Crippen LogP contribution in [0.4, 0.5) is 0 Å². The van der Waals surface area contributed by atoms with Gasteiger partial charge in [0.05, 0.1) is 0 Å². The monoisotopic (exact) mass is 614 g/mol. The van der Waals surface area contributed by atoms with Crippen LogP contribution in [0.5, 0.6) is 0 Å². The first-order valence-corrected chi connectivity index (χ1v) is 9.80. The fourth-order valence-electron chi connectivity index (χ4n) is 1.05. The standard InChI is InChI=1S/C6H8N.2C5H7.C4H4N.4C2H5.2Ru/c1-5-3-4-6(2)7-5;2*1-3-5-4-2;1-2-4-5-3-1;4*1-2;;/h3,7H,1-2H3;2*1,3-5H,2H3;1-3,5H;4*1H2,2H3;;/q8*-1;+2;+6. The summed E-state index contributed by atoms with van der Waals surface area (Å²) in [5.41, 5.74) is 2.29. The smallest absolute Gasteiger partial charge is 0.484 e. The van der Waals surface area contributed by atoms with Crippen LogP contribution in [-0.2, 0) is 39.0 Å². The van der Waals surface area contributed by atoms with E-state index in [0.717, 1.165) is 5.69 Å². The minimum Gasteiger partial charge on any atom is -0.484 e. The van der Waals surface area contributed by atoms with E-state index in [1.165, 1.54) is 17.8 Å². The summed E-state index contributed by atoms with van der Waals surface area (Å²) in [6.07, 6.45) is 14.9. The number of rotatable bonds is 2. The number of hydrogen-bond acceptors (Lipinski definition) is 0. The number of H-pyrrole nitrogens is 2. The zero-order valence-corrected chi connectivity index (χ0v) is 24.9. The molecule has 0 amide bonds. The van der Waals surface area contributed by atoms with Gasteiger partial charge in [0.1, 0.15) is 0 Å². The third kappa shape index (κ3) is 78.9. The van der Waals surface area contributed by atoms with E-state index in [2.05, 4.69) is 49.9 Å². The molecule has 2 N–H and O–H groups in total. The molecule has 2 aromatic rings. The molecule has 0 bridgehead atoms. The van der Waals surface area contributed by atoms with Crippen LogP contribution < -0.4 is 0 Å². The third-order valence-corrected chi connectivity index (χ3v) is 1.94. The molecule has 0 aliphatic heterocycles. The molecular formula is C28H46N2Ru2. The summed E-state index contributed by atoms with van der Waals surface area (Å²) in [6, 6.07) is 8.66. The van der Waals surface area contributed by atoms with E-state index in [4.69, 9.17) is 13.2 Å². The first kappa shape index (κ1) is 52.6. The van der Waals surface area contributed by atoms with Gasteiger partial charge in [-0.2, -0.15) is 58.2 Å². The molecule has 0 spiro atoms. The number of aromatic amines is 2. The van der Waals surface area contributed by atoms with E-state index in [-0.39, 0.29) is 39.0 Å². The minimum absolute atomic E-state index is 0. The molecule has 0 unspecified atom stereocenters. The van der Waals surface area contributed by atoms with Gasteiger partial charge in [-0.1, -0.05) is 26.5 Å². The van der Waals surface area contributed by atoms with Crippen LogP contribution in [0, 0.1) is 67.0 Å². The Balaban J connectivity index is -0.0000000358. The fraction of sp³-hybridized carbons (Fsp3) is 0.286. The number of hydrogen-bond donors (Lipinski definition) is 2. The minimum atomic E-state index is 0. The Labute approximate surface area is 228 Å². The molecule has 0 fully saturated rings. The summed E-state index contributed by atoms with van der Waals surface area (Å²) >= 11 is 0. The third-order valence-electron chi connectivity index (χ3n) is 1.94. The first-order chi connectivity index (χ1) is 14.6. The van der Waals surface area contributed by atoms with Crippen molar-refractivity contribution >= 4 is 0 Å². The van der Waals surface area contributed by atoms with E-state index < -0.39 is 0 Å². The summed E-state index contributed by atoms with van der Waals surface area (Å²) in [4.78, 5) is 5.82. The maximum Gasteiger partial charge on any atom is 6.00 e. The van der Waals surface area contributed by atoms with Crippen molar-refractivity contribution < 1.29 is 39.0 Å². The van der Waals surface area contributed by atoms with Crippen molar-refractivity contribution in [2.75, 3.05) is 0 Å². The molecule has 2 rings (SSSR count). The predicted molar refractivity (Wildman–Crippen MR) is 140 cm³/mol. The van der Waals surface area contributed by atoms with E-state index >= 15 is 0 Å². The molecule has 2 nitrogen and oxygen atoms in total. The van der Waals surface area contributed by atoms with Crippen molar-refractivity contribution in [3.05, 3.63) is 125 Å². The van der Waals surface area contributed by atoms with Gasteiger partial charge in [-0.25, -0.2) is 36.4 Å². The molecule has 0 radical (unpaired) electrons. The van der Waals surface area contributed by atoms with Gasteiger partial charge in [0.25, 0.3) is 0 Å². The van der Waals surface area contributed by atoms with Gasteiger partial charge in [-0.05, 0) is 6.92 Å². The van der Waals surface area contributed by atoms with Crippen molar-refractivity contribution in [1.82, 2.24) is 9.97 Å². The Hall–Kier alpha value is -1.23. The van der Waals surface area contributed by atoms with Gasteiger partial charge in [0, 0.05) is 0 Å². The second-order valence-electron chi connectivity index (χ2n) is 3.97. The molecule has 0 atom stereocenters. The number of allylic oxidation sites excluding steroid dienone is 6. The predicted octanol–water partition coefficient (Wildman–Crippen LogP) is 8.71. The average Bonchev–Trinajstić information content (AvgIpc) is 3.51. The van der Waals surface area contributed by atoms with Gasteiger partial charge in [-0.15, -0.1) is 11.9 Å². The molecule has 0 aromatic carbocycles. The van der Waals surface area contributed by atoms with Crippen molar-refractivity contribution in [3.8, 4) is 0 Å². The normalized spacial score (nSPS) is 6.88. The van der Waals surface area contributed by atoms with Crippen LogP contribution in [0.2, 0.25) is 0 Å². The Morgan fingerprint density at radius 3 is 1.31 bits per heavy atom. The Morgan fingerprint density at radius 2 is 1.25 bits per heavy atom. The van der Waals surface area contributed by atoms with Crippen molar-refractivity contribution in [2.45, 2.75) is 55.4 Å². The van der Waals surface area contributed by atoms with E-state index in [9.17, 15) is 0 Å². The molecule has 2 aromatic heterocycles. The Bertz CT molecular complexity index is 462. The SMILES string of the molecule is Cc1[c-]cc(C)[nH]1.[CH-]=CC=CC.[CH-]=CC=CC.[CH2-]C.[CH2-]C.[CH2-]C.[CH2-]C.[Ru+2].[Ru+6].[c-]1ccc[nH]1. The van der Waals surface area contributed by atoms with Crippen molar-refractivity contribution in [1.29, 1.82) is 0 Å². The summed E-state index contributed by atoms with van der Waals surface area (Å²) < 4.78 is 0. The van der Waals surface area contributed by atoms with Crippen LogP contribution >= 0.6 is 0 Å². The van der Waals surface area contributed by atoms with Gasteiger partial charge >= 0.3 is 39.0 Å². The first-order valence-electron chi connectivity index (χ1n) is 9.80. The molecule has 2 heterocycles. The van der Waals surface area contributed by atoms with E-state index in [1.807, 2.05) is 64.2 Å². The second-order valence-corrected chi connectivity index (χ2v) is 3.97. The quantitative estimate of drug-likeness (QED) is 0.193. The van der Waals surface area contributed by atoms with Gasteiger partial charge in [-0.3, -0.25) is 13.2 Å². The number of aryl methyl sites for hydroxylation is 2. The summed E-state index contributed by atoms with van der Waals surface area (Å²) in [5.74, 6) is 0. The van der Waals surface area contributed by atoms with Crippen LogP contribution in [0.25, 0.3) is 0 Å². The van der Waals surface area contributed by atoms with Crippen LogP contribution in [-0.4, -0.2) is 9.97 Å². The van der Waals surface area contributed by atoms with Crippen molar-refractivity contribution in [2.24, 2.45) is 0 Å². The summed E-state index contributed by atoms with van der Waals surface area (Å²) in [6.45, 7) is 37.7. The molecule has 0 aliphatic carbocycles. The molecule has 4 heteroatoms. The summed E-state index contributed by atoms with van der Waals surface area (Å²) in [5, 5.41) is 0. The zero-order chi connectivity index (χ0) is 25.1. The average molecular weight is 613 g/mol. The maximum atomic E-state index is 4.93. The second kappa shape index (κ2) is 69.9. The van der Waals surface area contributed by atoms with Gasteiger partial charge in [0.2, 0.25) is 0 Å². The molecule has 0 aliphatic rings. The van der Waals surface area contributed by atoms with Crippen molar-refractivity contribution in [3.63, 3.8) is 0 Å². The van der Waals surface area contributed by atoms with Crippen LogP contribution in [0.1, 0.15) is 52.9 Å². The molecule has 0 saturated heterocycles. The zero-order valence-electron chi connectivity index (χ0n) is 21.5. The van der Waals surface area contributed by atoms with E-state index in [0.29, 0.717) is 0 Å². The van der Waals surface area contributed by atoms with E-state index in [1.54, 1.807) is 39.8 Å².